The van der Waals surface area contributed by atoms with E-state index in [2.05, 4.69) is 6.58 Å². The average Bonchev–Trinajstić information content (AvgIpc) is 2.16. The summed E-state index contributed by atoms with van der Waals surface area (Å²) in [6, 6.07) is 7.71. The van der Waals surface area contributed by atoms with E-state index >= 15 is 0 Å². The van der Waals surface area contributed by atoms with Gasteiger partial charge in [-0.2, -0.15) is 0 Å². The lowest BCUT2D eigenvalue weighted by molar-refractivity contribution is -0.153. The molecule has 0 unspecified atom stereocenters. The maximum Gasteiger partial charge on any atom is 0.310 e. The number of esters is 1. The van der Waals surface area contributed by atoms with Gasteiger partial charge < -0.3 is 4.74 Å². The minimum atomic E-state index is -0.419. The molecule has 0 fully saturated rings. The van der Waals surface area contributed by atoms with E-state index in [0.717, 1.165) is 11.1 Å². The van der Waals surface area contributed by atoms with Crippen LogP contribution in [-0.2, 0) is 16.0 Å². The maximum atomic E-state index is 11.5. The standard InChI is InChI=1S/C14H18O2/c1-5-11-6-8-12(9-7-11)10-13(15)16-14(2,3)4/h5-9H,1,10H2,2-4H3. The van der Waals surface area contributed by atoms with Gasteiger partial charge in [-0.15, -0.1) is 0 Å². The third-order valence-corrected chi connectivity index (χ3v) is 1.98. The van der Waals surface area contributed by atoms with Crippen molar-refractivity contribution in [1.29, 1.82) is 0 Å². The molecule has 0 amide bonds. The lowest BCUT2D eigenvalue weighted by atomic mass is 10.1. The van der Waals surface area contributed by atoms with E-state index in [4.69, 9.17) is 4.74 Å². The summed E-state index contributed by atoms with van der Waals surface area (Å²) in [4.78, 5) is 11.5. The Bertz CT molecular complexity index is 369. The van der Waals surface area contributed by atoms with Crippen LogP contribution in [0.25, 0.3) is 6.08 Å². The summed E-state index contributed by atoms with van der Waals surface area (Å²) in [6.45, 7) is 9.28. The fourth-order valence-electron chi connectivity index (χ4n) is 1.32. The molecule has 0 spiro atoms. The highest BCUT2D eigenvalue weighted by Crippen LogP contribution is 2.11. The first-order chi connectivity index (χ1) is 7.40. The molecule has 1 aromatic rings. The monoisotopic (exact) mass is 218 g/mol. The molecule has 0 N–H and O–H groups in total. The third-order valence-electron chi connectivity index (χ3n) is 1.98. The van der Waals surface area contributed by atoms with Crippen LogP contribution in [-0.4, -0.2) is 11.6 Å². The summed E-state index contributed by atoms with van der Waals surface area (Å²) in [5, 5.41) is 0. The molecule has 0 aliphatic heterocycles. The number of benzene rings is 1. The van der Waals surface area contributed by atoms with E-state index in [-0.39, 0.29) is 5.97 Å². The highest BCUT2D eigenvalue weighted by atomic mass is 16.6. The van der Waals surface area contributed by atoms with Gasteiger partial charge in [-0.05, 0) is 31.9 Å². The summed E-state index contributed by atoms with van der Waals surface area (Å²) in [6.07, 6.45) is 2.09. The van der Waals surface area contributed by atoms with Crippen LogP contribution in [0.2, 0.25) is 0 Å². The Morgan fingerprint density at radius 1 is 1.31 bits per heavy atom. The Kier molecular flexibility index (Phi) is 3.88. The van der Waals surface area contributed by atoms with Gasteiger partial charge in [0.05, 0.1) is 6.42 Å². The molecule has 0 bridgehead atoms. The van der Waals surface area contributed by atoms with Crippen molar-refractivity contribution in [3.8, 4) is 0 Å². The van der Waals surface area contributed by atoms with Gasteiger partial charge in [0.2, 0.25) is 0 Å². The number of ether oxygens (including phenoxy) is 1. The van der Waals surface area contributed by atoms with Crippen LogP contribution in [0.15, 0.2) is 30.8 Å². The Balaban J connectivity index is 2.59. The van der Waals surface area contributed by atoms with Crippen molar-refractivity contribution in [2.45, 2.75) is 32.8 Å². The molecule has 86 valence electrons. The molecule has 0 radical (unpaired) electrons. The molecule has 0 saturated heterocycles. The van der Waals surface area contributed by atoms with Crippen LogP contribution < -0.4 is 0 Å². The van der Waals surface area contributed by atoms with E-state index in [1.165, 1.54) is 0 Å². The number of rotatable bonds is 3. The molecule has 1 aromatic carbocycles. The summed E-state index contributed by atoms with van der Waals surface area (Å²) in [5.74, 6) is -0.196. The van der Waals surface area contributed by atoms with E-state index in [1.807, 2.05) is 45.0 Å². The molecule has 0 atom stereocenters. The molecule has 0 aromatic heterocycles. The zero-order valence-corrected chi connectivity index (χ0v) is 10.1. The van der Waals surface area contributed by atoms with E-state index in [0.29, 0.717) is 6.42 Å². The molecule has 16 heavy (non-hydrogen) atoms. The number of hydrogen-bond donors (Lipinski definition) is 0. The van der Waals surface area contributed by atoms with Crippen LogP contribution in [0, 0.1) is 0 Å². The topological polar surface area (TPSA) is 26.3 Å². The quantitative estimate of drug-likeness (QED) is 0.728. The van der Waals surface area contributed by atoms with Gasteiger partial charge in [-0.1, -0.05) is 36.9 Å². The summed E-state index contributed by atoms with van der Waals surface area (Å²) in [5.41, 5.74) is 1.59. The number of hydrogen-bond acceptors (Lipinski definition) is 2. The summed E-state index contributed by atoms with van der Waals surface area (Å²) >= 11 is 0. The third kappa shape index (κ3) is 4.30. The SMILES string of the molecule is C=Cc1ccc(CC(=O)OC(C)(C)C)cc1. The molecule has 1 rings (SSSR count). The van der Waals surface area contributed by atoms with Gasteiger partial charge in [0.25, 0.3) is 0 Å². The smallest absolute Gasteiger partial charge is 0.310 e. The van der Waals surface area contributed by atoms with Crippen molar-refractivity contribution in [3.05, 3.63) is 42.0 Å². The van der Waals surface area contributed by atoms with E-state index < -0.39 is 5.60 Å². The van der Waals surface area contributed by atoms with Crippen molar-refractivity contribution in [1.82, 2.24) is 0 Å². The Morgan fingerprint density at radius 3 is 2.31 bits per heavy atom. The lowest BCUT2D eigenvalue weighted by Gasteiger charge is -2.19. The second-order valence-corrected chi connectivity index (χ2v) is 4.71. The molecule has 2 nitrogen and oxygen atoms in total. The van der Waals surface area contributed by atoms with Crippen molar-refractivity contribution >= 4 is 12.0 Å². The minimum Gasteiger partial charge on any atom is -0.460 e. The largest absolute Gasteiger partial charge is 0.460 e. The van der Waals surface area contributed by atoms with E-state index in [9.17, 15) is 4.79 Å². The minimum absolute atomic E-state index is 0.196. The predicted molar refractivity (Wildman–Crippen MR) is 66.1 cm³/mol. The predicted octanol–water partition coefficient (Wildman–Crippen LogP) is 3.21. The summed E-state index contributed by atoms with van der Waals surface area (Å²) < 4.78 is 5.24. The zero-order chi connectivity index (χ0) is 12.2. The molecule has 2 heteroatoms. The first-order valence-corrected chi connectivity index (χ1v) is 5.34. The first kappa shape index (κ1) is 12.5. The maximum absolute atomic E-state index is 11.5. The van der Waals surface area contributed by atoms with Crippen LogP contribution in [0.1, 0.15) is 31.9 Å². The van der Waals surface area contributed by atoms with Gasteiger partial charge >= 0.3 is 5.97 Å². The fraction of sp³-hybridized carbons (Fsp3) is 0.357. The lowest BCUT2D eigenvalue weighted by Crippen LogP contribution is -2.24. The zero-order valence-electron chi connectivity index (χ0n) is 10.1. The Hall–Kier alpha value is -1.57. The van der Waals surface area contributed by atoms with Crippen molar-refractivity contribution in [2.75, 3.05) is 0 Å². The molecule has 0 aliphatic rings. The second-order valence-electron chi connectivity index (χ2n) is 4.71. The highest BCUT2D eigenvalue weighted by molar-refractivity contribution is 5.73. The van der Waals surface area contributed by atoms with Crippen LogP contribution in [0.5, 0.6) is 0 Å². The summed E-state index contributed by atoms with van der Waals surface area (Å²) in [7, 11) is 0. The average molecular weight is 218 g/mol. The van der Waals surface area contributed by atoms with Gasteiger partial charge in [0.1, 0.15) is 5.60 Å². The fourth-order valence-corrected chi connectivity index (χ4v) is 1.32. The van der Waals surface area contributed by atoms with Crippen LogP contribution in [0.4, 0.5) is 0 Å². The Labute approximate surface area is 96.9 Å². The van der Waals surface area contributed by atoms with Gasteiger partial charge in [0, 0.05) is 0 Å². The van der Waals surface area contributed by atoms with Crippen molar-refractivity contribution in [2.24, 2.45) is 0 Å². The number of carbonyl (C=O) groups excluding carboxylic acids is 1. The normalized spacial score (nSPS) is 10.9. The van der Waals surface area contributed by atoms with Gasteiger partial charge in [-0.25, -0.2) is 0 Å². The number of carbonyl (C=O) groups is 1. The van der Waals surface area contributed by atoms with Crippen molar-refractivity contribution < 1.29 is 9.53 Å². The highest BCUT2D eigenvalue weighted by Gasteiger charge is 2.16. The van der Waals surface area contributed by atoms with E-state index in [1.54, 1.807) is 6.08 Å². The molecular weight excluding hydrogens is 200 g/mol. The van der Waals surface area contributed by atoms with Crippen LogP contribution in [0.3, 0.4) is 0 Å². The van der Waals surface area contributed by atoms with Gasteiger partial charge in [-0.3, -0.25) is 4.79 Å². The van der Waals surface area contributed by atoms with Crippen molar-refractivity contribution in [3.63, 3.8) is 0 Å². The second kappa shape index (κ2) is 4.97. The Morgan fingerprint density at radius 2 is 1.88 bits per heavy atom. The molecule has 0 heterocycles. The molecule has 0 saturated carbocycles. The van der Waals surface area contributed by atoms with Gasteiger partial charge in [0.15, 0.2) is 0 Å². The molecular formula is C14H18O2. The van der Waals surface area contributed by atoms with Crippen LogP contribution >= 0.6 is 0 Å². The molecule has 0 aliphatic carbocycles. The first-order valence-electron chi connectivity index (χ1n) is 5.34.